The molecule has 76 valence electrons. The Kier molecular flexibility index (Phi) is 3.51. The van der Waals surface area contributed by atoms with Gasteiger partial charge in [-0.2, -0.15) is 0 Å². The lowest BCUT2D eigenvalue weighted by Crippen LogP contribution is -2.31. The number of nitrogen functional groups attached to an aromatic ring is 1. The van der Waals surface area contributed by atoms with Crippen molar-refractivity contribution >= 4 is 11.6 Å². The van der Waals surface area contributed by atoms with Gasteiger partial charge in [0.05, 0.1) is 6.42 Å². The van der Waals surface area contributed by atoms with Crippen LogP contribution < -0.4 is 11.1 Å². The van der Waals surface area contributed by atoms with Gasteiger partial charge in [0.1, 0.15) is 0 Å². The summed E-state index contributed by atoms with van der Waals surface area (Å²) < 4.78 is 0. The van der Waals surface area contributed by atoms with Crippen molar-refractivity contribution in [2.45, 2.75) is 26.3 Å². The van der Waals surface area contributed by atoms with Crippen LogP contribution in [-0.2, 0) is 11.2 Å². The number of carbonyl (C=O) groups is 1. The zero-order chi connectivity index (χ0) is 10.6. The number of hydrogen-bond acceptors (Lipinski definition) is 2. The highest BCUT2D eigenvalue weighted by molar-refractivity contribution is 5.80. The average molecular weight is 192 g/mol. The SMILES string of the molecule is CC(C)NC(=O)Cc1ccccc1N. The Balaban J connectivity index is 2.61. The molecule has 0 unspecified atom stereocenters. The van der Waals surface area contributed by atoms with Crippen LogP contribution in [0.4, 0.5) is 5.69 Å². The van der Waals surface area contributed by atoms with Gasteiger partial charge < -0.3 is 11.1 Å². The first kappa shape index (κ1) is 10.6. The fourth-order valence-electron chi connectivity index (χ4n) is 1.24. The van der Waals surface area contributed by atoms with Gasteiger partial charge in [-0.1, -0.05) is 18.2 Å². The molecule has 1 aromatic rings. The summed E-state index contributed by atoms with van der Waals surface area (Å²) in [5, 5.41) is 2.82. The first-order valence-electron chi connectivity index (χ1n) is 4.72. The van der Waals surface area contributed by atoms with Gasteiger partial charge in [-0.25, -0.2) is 0 Å². The highest BCUT2D eigenvalue weighted by Gasteiger charge is 2.06. The molecule has 0 aliphatic rings. The number of benzene rings is 1. The van der Waals surface area contributed by atoms with E-state index in [0.29, 0.717) is 12.1 Å². The van der Waals surface area contributed by atoms with E-state index in [0.717, 1.165) is 5.56 Å². The molecule has 3 heteroatoms. The third-order valence-corrected chi connectivity index (χ3v) is 1.86. The number of hydrogen-bond donors (Lipinski definition) is 2. The fourth-order valence-corrected chi connectivity index (χ4v) is 1.24. The Morgan fingerprint density at radius 1 is 1.43 bits per heavy atom. The minimum Gasteiger partial charge on any atom is -0.398 e. The number of rotatable bonds is 3. The van der Waals surface area contributed by atoms with Gasteiger partial charge in [0.15, 0.2) is 0 Å². The van der Waals surface area contributed by atoms with Gasteiger partial charge in [0.25, 0.3) is 0 Å². The Labute approximate surface area is 84.3 Å². The minimum atomic E-state index is 0.0119. The van der Waals surface area contributed by atoms with E-state index in [2.05, 4.69) is 5.32 Å². The molecular weight excluding hydrogens is 176 g/mol. The topological polar surface area (TPSA) is 55.1 Å². The van der Waals surface area contributed by atoms with Crippen molar-refractivity contribution in [3.8, 4) is 0 Å². The van der Waals surface area contributed by atoms with Gasteiger partial charge in [-0.3, -0.25) is 4.79 Å². The Hall–Kier alpha value is -1.51. The lowest BCUT2D eigenvalue weighted by molar-refractivity contribution is -0.120. The van der Waals surface area contributed by atoms with E-state index in [1.807, 2.05) is 32.0 Å². The second-order valence-corrected chi connectivity index (χ2v) is 3.60. The maximum absolute atomic E-state index is 11.4. The lowest BCUT2D eigenvalue weighted by Gasteiger charge is -2.09. The van der Waals surface area contributed by atoms with Crippen molar-refractivity contribution in [1.29, 1.82) is 0 Å². The number of nitrogens with one attached hydrogen (secondary N) is 1. The van der Waals surface area contributed by atoms with Gasteiger partial charge in [0, 0.05) is 11.7 Å². The van der Waals surface area contributed by atoms with Crippen LogP contribution in [0.25, 0.3) is 0 Å². The molecule has 0 radical (unpaired) electrons. The monoisotopic (exact) mass is 192 g/mol. The minimum absolute atomic E-state index is 0.0119. The molecule has 0 saturated carbocycles. The number of amides is 1. The van der Waals surface area contributed by atoms with Crippen molar-refractivity contribution in [1.82, 2.24) is 5.32 Å². The second-order valence-electron chi connectivity index (χ2n) is 3.60. The molecule has 3 N–H and O–H groups in total. The molecule has 14 heavy (non-hydrogen) atoms. The van der Waals surface area contributed by atoms with E-state index in [1.165, 1.54) is 0 Å². The first-order chi connectivity index (χ1) is 6.59. The van der Waals surface area contributed by atoms with E-state index in [-0.39, 0.29) is 11.9 Å². The van der Waals surface area contributed by atoms with E-state index in [4.69, 9.17) is 5.73 Å². The van der Waals surface area contributed by atoms with Crippen LogP contribution >= 0.6 is 0 Å². The van der Waals surface area contributed by atoms with Crippen LogP contribution in [-0.4, -0.2) is 11.9 Å². The van der Waals surface area contributed by atoms with Crippen molar-refractivity contribution in [2.24, 2.45) is 0 Å². The molecule has 0 fully saturated rings. The maximum Gasteiger partial charge on any atom is 0.224 e. The number of carbonyl (C=O) groups excluding carboxylic acids is 1. The molecule has 0 aromatic heterocycles. The predicted molar refractivity (Wildman–Crippen MR) is 57.8 cm³/mol. The van der Waals surface area contributed by atoms with Gasteiger partial charge in [-0.15, -0.1) is 0 Å². The van der Waals surface area contributed by atoms with Gasteiger partial charge in [0.2, 0.25) is 5.91 Å². The average Bonchev–Trinajstić information content (AvgIpc) is 2.07. The summed E-state index contributed by atoms with van der Waals surface area (Å²) in [6.07, 6.45) is 0.352. The third kappa shape index (κ3) is 3.09. The highest BCUT2D eigenvalue weighted by Crippen LogP contribution is 2.10. The molecule has 0 aliphatic heterocycles. The highest BCUT2D eigenvalue weighted by atomic mass is 16.1. The van der Waals surface area contributed by atoms with E-state index in [9.17, 15) is 4.79 Å². The Morgan fingerprint density at radius 3 is 2.64 bits per heavy atom. The van der Waals surface area contributed by atoms with Crippen molar-refractivity contribution in [3.63, 3.8) is 0 Å². The zero-order valence-corrected chi connectivity index (χ0v) is 8.58. The molecular formula is C11H16N2O. The fraction of sp³-hybridized carbons (Fsp3) is 0.364. The van der Waals surface area contributed by atoms with Crippen LogP contribution in [0.2, 0.25) is 0 Å². The first-order valence-corrected chi connectivity index (χ1v) is 4.72. The van der Waals surface area contributed by atoms with Crippen LogP contribution in [0.5, 0.6) is 0 Å². The summed E-state index contributed by atoms with van der Waals surface area (Å²) in [7, 11) is 0. The third-order valence-electron chi connectivity index (χ3n) is 1.86. The molecule has 1 rings (SSSR count). The summed E-state index contributed by atoms with van der Waals surface area (Å²) in [5.74, 6) is 0.0119. The molecule has 0 atom stereocenters. The van der Waals surface area contributed by atoms with E-state index >= 15 is 0 Å². The summed E-state index contributed by atoms with van der Waals surface area (Å²) in [6.45, 7) is 3.87. The van der Waals surface area contributed by atoms with E-state index < -0.39 is 0 Å². The predicted octanol–water partition coefficient (Wildman–Crippen LogP) is 1.34. The van der Waals surface area contributed by atoms with Gasteiger partial charge in [-0.05, 0) is 25.5 Å². The normalized spacial score (nSPS) is 10.2. The van der Waals surface area contributed by atoms with Crippen LogP contribution in [0, 0.1) is 0 Å². The van der Waals surface area contributed by atoms with Crippen LogP contribution in [0.3, 0.4) is 0 Å². The summed E-state index contributed by atoms with van der Waals surface area (Å²) in [5.41, 5.74) is 7.27. The smallest absolute Gasteiger partial charge is 0.224 e. The summed E-state index contributed by atoms with van der Waals surface area (Å²) >= 11 is 0. The van der Waals surface area contributed by atoms with Crippen molar-refractivity contribution < 1.29 is 4.79 Å². The molecule has 1 amide bonds. The molecule has 0 saturated heterocycles. The number of para-hydroxylation sites is 1. The van der Waals surface area contributed by atoms with Crippen LogP contribution in [0.15, 0.2) is 24.3 Å². The molecule has 0 aliphatic carbocycles. The number of anilines is 1. The molecule has 0 spiro atoms. The van der Waals surface area contributed by atoms with Crippen molar-refractivity contribution in [3.05, 3.63) is 29.8 Å². The summed E-state index contributed by atoms with van der Waals surface area (Å²) in [6, 6.07) is 7.59. The van der Waals surface area contributed by atoms with Crippen molar-refractivity contribution in [2.75, 3.05) is 5.73 Å². The second kappa shape index (κ2) is 4.65. The Bertz CT molecular complexity index is 321. The Morgan fingerprint density at radius 2 is 2.07 bits per heavy atom. The zero-order valence-electron chi connectivity index (χ0n) is 8.58. The summed E-state index contributed by atoms with van der Waals surface area (Å²) in [4.78, 5) is 11.4. The molecule has 0 heterocycles. The lowest BCUT2D eigenvalue weighted by atomic mass is 10.1. The molecule has 1 aromatic carbocycles. The molecule has 0 bridgehead atoms. The van der Waals surface area contributed by atoms with Crippen LogP contribution in [0.1, 0.15) is 19.4 Å². The van der Waals surface area contributed by atoms with E-state index in [1.54, 1.807) is 6.07 Å². The van der Waals surface area contributed by atoms with Gasteiger partial charge >= 0.3 is 0 Å². The maximum atomic E-state index is 11.4. The number of nitrogens with two attached hydrogens (primary N) is 1. The molecule has 3 nitrogen and oxygen atoms in total. The quantitative estimate of drug-likeness (QED) is 0.710. The largest absolute Gasteiger partial charge is 0.398 e. The standard InChI is InChI=1S/C11H16N2O/c1-8(2)13-11(14)7-9-5-3-4-6-10(9)12/h3-6,8H,7,12H2,1-2H3,(H,13,14).